The minimum atomic E-state index is 1.01. The van der Waals surface area contributed by atoms with E-state index in [0.29, 0.717) is 0 Å². The van der Waals surface area contributed by atoms with E-state index in [1.165, 1.54) is 72.8 Å². The second-order valence-electron chi connectivity index (χ2n) is 7.94. The van der Waals surface area contributed by atoms with Crippen molar-refractivity contribution in [1.82, 2.24) is 0 Å². The van der Waals surface area contributed by atoms with Gasteiger partial charge >= 0.3 is 0 Å². The van der Waals surface area contributed by atoms with Crippen LogP contribution < -0.4 is 0 Å². The van der Waals surface area contributed by atoms with E-state index in [2.05, 4.69) is 85.8 Å². The Kier molecular flexibility index (Phi) is 8.37. The summed E-state index contributed by atoms with van der Waals surface area (Å²) in [7, 11) is 0. The van der Waals surface area contributed by atoms with Crippen LogP contribution in [0.5, 0.6) is 0 Å². The molecule has 28 heavy (non-hydrogen) atoms. The molecule has 0 saturated carbocycles. The molecule has 3 aromatic carbocycles. The van der Waals surface area contributed by atoms with E-state index >= 15 is 0 Å². The Balaban J connectivity index is 1.54. The maximum Gasteiger partial charge on any atom is -0.00230 e. The van der Waals surface area contributed by atoms with Gasteiger partial charge < -0.3 is 0 Å². The molecule has 0 unspecified atom stereocenters. The van der Waals surface area contributed by atoms with Crippen molar-refractivity contribution in [3.8, 4) is 0 Å². The maximum absolute atomic E-state index is 2.32. The fraction of sp³-hybridized carbons (Fsp3) is 0.357. The Hall–Kier alpha value is -2.34. The third-order valence-corrected chi connectivity index (χ3v) is 5.59. The average molecular weight is 371 g/mol. The highest BCUT2D eigenvalue weighted by molar-refractivity contribution is 5.35. The first-order chi connectivity index (χ1) is 13.8. The molecule has 3 rings (SSSR count). The highest BCUT2D eigenvalue weighted by Gasteiger charge is 2.04. The van der Waals surface area contributed by atoms with Crippen molar-refractivity contribution in [2.75, 3.05) is 0 Å². The fourth-order valence-corrected chi connectivity index (χ4v) is 3.90. The van der Waals surface area contributed by atoms with E-state index in [4.69, 9.17) is 0 Å². The molecule has 0 N–H and O–H groups in total. The molecular formula is C28H34. The molecule has 0 bridgehead atoms. The lowest BCUT2D eigenvalue weighted by molar-refractivity contribution is 0.607. The number of hydrogen-bond donors (Lipinski definition) is 0. The third kappa shape index (κ3) is 6.68. The highest BCUT2D eigenvalue weighted by Crippen LogP contribution is 2.19. The molecule has 0 saturated heterocycles. The Morgan fingerprint density at radius 2 is 1.00 bits per heavy atom. The molecule has 0 atom stereocenters. The minimum Gasteiger partial charge on any atom is -0.0654 e. The van der Waals surface area contributed by atoms with Gasteiger partial charge in [-0.25, -0.2) is 0 Å². The van der Waals surface area contributed by atoms with Crippen LogP contribution in [0, 0.1) is 0 Å². The van der Waals surface area contributed by atoms with Crippen LogP contribution in [-0.4, -0.2) is 0 Å². The molecule has 0 spiro atoms. The summed E-state index contributed by atoms with van der Waals surface area (Å²) in [6, 6.07) is 28.9. The first-order valence-corrected chi connectivity index (χ1v) is 11.0. The summed E-state index contributed by atoms with van der Waals surface area (Å²) in [5, 5.41) is 0. The summed E-state index contributed by atoms with van der Waals surface area (Å²) in [5.74, 6) is 0. The van der Waals surface area contributed by atoms with Gasteiger partial charge in [0.05, 0.1) is 0 Å². The Morgan fingerprint density at radius 1 is 0.464 bits per heavy atom. The van der Waals surface area contributed by atoms with Crippen LogP contribution >= 0.6 is 0 Å². The molecule has 0 heteroatoms. The van der Waals surface area contributed by atoms with E-state index in [9.17, 15) is 0 Å². The quantitative estimate of drug-likeness (QED) is 0.302. The third-order valence-electron chi connectivity index (χ3n) is 5.59. The predicted octanol–water partition coefficient (Wildman–Crippen LogP) is 7.77. The second kappa shape index (κ2) is 11.5. The van der Waals surface area contributed by atoms with Gasteiger partial charge in [0.25, 0.3) is 0 Å². The van der Waals surface area contributed by atoms with Gasteiger partial charge in [0.1, 0.15) is 0 Å². The summed E-state index contributed by atoms with van der Waals surface area (Å²) in [5.41, 5.74) is 7.19. The van der Waals surface area contributed by atoms with Crippen LogP contribution in [0.3, 0.4) is 0 Å². The second-order valence-corrected chi connectivity index (χ2v) is 7.94. The first kappa shape index (κ1) is 20.4. The van der Waals surface area contributed by atoms with Gasteiger partial charge in [-0.1, -0.05) is 118 Å². The lowest BCUT2D eigenvalue weighted by Gasteiger charge is -2.10. The minimum absolute atomic E-state index is 1.01. The standard InChI is InChI=1S/C28H34/c1-2-3-4-5-6-10-15-27-16-11-12-17-28(27)23-26-20-18-25(19-21-26)22-24-13-8-7-9-14-24/h7-9,11-14,16-21H,2-6,10,15,22-23H2,1H3. The van der Waals surface area contributed by atoms with Crippen molar-refractivity contribution < 1.29 is 0 Å². The molecule has 3 aromatic rings. The lowest BCUT2D eigenvalue weighted by Crippen LogP contribution is -1.97. The maximum atomic E-state index is 2.32. The summed E-state index contributed by atoms with van der Waals surface area (Å²) < 4.78 is 0. The van der Waals surface area contributed by atoms with Crippen molar-refractivity contribution in [3.63, 3.8) is 0 Å². The molecule has 0 radical (unpaired) electrons. The predicted molar refractivity (Wildman–Crippen MR) is 122 cm³/mol. The van der Waals surface area contributed by atoms with Gasteiger partial charge in [0.2, 0.25) is 0 Å². The summed E-state index contributed by atoms with van der Waals surface area (Å²) >= 11 is 0. The van der Waals surface area contributed by atoms with E-state index in [-0.39, 0.29) is 0 Å². The highest BCUT2D eigenvalue weighted by atomic mass is 14.1. The Bertz CT molecular complexity index is 799. The molecule has 0 amide bonds. The van der Waals surface area contributed by atoms with Crippen molar-refractivity contribution in [3.05, 3.63) is 107 Å². The van der Waals surface area contributed by atoms with Crippen LogP contribution in [-0.2, 0) is 19.3 Å². The monoisotopic (exact) mass is 370 g/mol. The van der Waals surface area contributed by atoms with Crippen LogP contribution in [0.1, 0.15) is 73.3 Å². The molecule has 146 valence electrons. The van der Waals surface area contributed by atoms with Crippen molar-refractivity contribution in [2.24, 2.45) is 0 Å². The van der Waals surface area contributed by atoms with Crippen LogP contribution in [0.25, 0.3) is 0 Å². The van der Waals surface area contributed by atoms with Gasteiger partial charge in [-0.15, -0.1) is 0 Å². The molecule has 0 aliphatic carbocycles. The van der Waals surface area contributed by atoms with Gasteiger partial charge in [-0.05, 0) is 53.5 Å². The van der Waals surface area contributed by atoms with Crippen molar-refractivity contribution >= 4 is 0 Å². The molecule has 0 aliphatic rings. The van der Waals surface area contributed by atoms with E-state index in [1.807, 2.05) is 0 Å². The molecule has 0 nitrogen and oxygen atoms in total. The summed E-state index contributed by atoms with van der Waals surface area (Å²) in [4.78, 5) is 0. The van der Waals surface area contributed by atoms with Crippen molar-refractivity contribution in [2.45, 2.75) is 64.7 Å². The molecule has 0 aliphatic heterocycles. The smallest absolute Gasteiger partial charge is 0.00230 e. The van der Waals surface area contributed by atoms with Crippen molar-refractivity contribution in [1.29, 1.82) is 0 Å². The zero-order valence-electron chi connectivity index (χ0n) is 17.4. The van der Waals surface area contributed by atoms with Crippen LogP contribution in [0.15, 0.2) is 78.9 Å². The molecule has 0 fully saturated rings. The average Bonchev–Trinajstić information content (AvgIpc) is 2.74. The first-order valence-electron chi connectivity index (χ1n) is 11.0. The number of aryl methyl sites for hydroxylation is 1. The number of rotatable bonds is 11. The lowest BCUT2D eigenvalue weighted by atomic mass is 9.95. The van der Waals surface area contributed by atoms with Gasteiger partial charge in [-0.2, -0.15) is 0 Å². The van der Waals surface area contributed by atoms with E-state index in [0.717, 1.165) is 12.8 Å². The number of hydrogen-bond acceptors (Lipinski definition) is 0. The molecular weight excluding hydrogens is 336 g/mol. The number of unbranched alkanes of at least 4 members (excludes halogenated alkanes) is 5. The Morgan fingerprint density at radius 3 is 1.71 bits per heavy atom. The van der Waals surface area contributed by atoms with Crippen LogP contribution in [0.4, 0.5) is 0 Å². The number of benzene rings is 3. The van der Waals surface area contributed by atoms with Gasteiger partial charge in [0.15, 0.2) is 0 Å². The summed E-state index contributed by atoms with van der Waals surface area (Å²) in [6.45, 7) is 2.28. The topological polar surface area (TPSA) is 0 Å². The zero-order chi connectivity index (χ0) is 19.4. The zero-order valence-corrected chi connectivity index (χ0v) is 17.4. The van der Waals surface area contributed by atoms with Gasteiger partial charge in [0, 0.05) is 0 Å². The molecule has 0 heterocycles. The van der Waals surface area contributed by atoms with Crippen LogP contribution in [0.2, 0.25) is 0 Å². The SMILES string of the molecule is CCCCCCCCc1ccccc1Cc1ccc(Cc2ccccc2)cc1. The summed E-state index contributed by atoms with van der Waals surface area (Å²) in [6.07, 6.45) is 11.4. The normalized spacial score (nSPS) is 10.9. The van der Waals surface area contributed by atoms with E-state index in [1.54, 1.807) is 0 Å². The van der Waals surface area contributed by atoms with E-state index < -0.39 is 0 Å². The Labute approximate surface area is 171 Å². The van der Waals surface area contributed by atoms with Gasteiger partial charge in [-0.3, -0.25) is 0 Å². The molecule has 0 aromatic heterocycles. The largest absolute Gasteiger partial charge is 0.0654 e. The fourth-order valence-electron chi connectivity index (χ4n) is 3.90.